The Morgan fingerprint density at radius 2 is 2.14 bits per heavy atom. The van der Waals surface area contributed by atoms with Gasteiger partial charge >= 0.3 is 6.09 Å². The number of carbonyl (C=O) groups excluding carboxylic acids is 1. The maximum Gasteiger partial charge on any atom is 0.410 e. The van der Waals surface area contributed by atoms with Crippen LogP contribution in [0.3, 0.4) is 0 Å². The van der Waals surface area contributed by atoms with Crippen LogP contribution >= 0.6 is 0 Å². The molecule has 2 aliphatic rings. The maximum atomic E-state index is 13.2. The van der Waals surface area contributed by atoms with Crippen LogP contribution in [0.4, 0.5) is 9.18 Å². The second-order valence-electron chi connectivity index (χ2n) is 7.02. The predicted molar refractivity (Wildman–Crippen MR) is 77.1 cm³/mol. The van der Waals surface area contributed by atoms with Crippen molar-refractivity contribution in [2.75, 3.05) is 13.1 Å². The Morgan fingerprint density at radius 1 is 1.45 bits per heavy atom. The van der Waals surface area contributed by atoms with Crippen LogP contribution in [0.1, 0.15) is 38.9 Å². The van der Waals surface area contributed by atoms with Crippen LogP contribution in [0, 0.1) is 5.82 Å². The fourth-order valence-electron chi connectivity index (χ4n) is 2.91. The minimum absolute atomic E-state index is 0.336. The highest BCUT2D eigenvalue weighted by Crippen LogP contribution is 2.44. The summed E-state index contributed by atoms with van der Waals surface area (Å²) in [4.78, 5) is 13.5. The first-order valence-electron chi connectivity index (χ1n) is 7.32. The van der Waals surface area contributed by atoms with Crippen LogP contribution in [-0.2, 0) is 4.74 Å². The van der Waals surface area contributed by atoms with Gasteiger partial charge in [0.15, 0.2) is 0 Å². The second-order valence-corrected chi connectivity index (χ2v) is 7.02. The molecule has 3 rings (SSSR count). The number of aliphatic hydroxyl groups excluding tert-OH is 1. The highest BCUT2D eigenvalue weighted by atomic mass is 19.1. The molecule has 1 aromatic rings. The molecule has 1 atom stereocenters. The Labute approximate surface area is 128 Å². The molecule has 0 bridgehead atoms. The summed E-state index contributed by atoms with van der Waals surface area (Å²) in [5.41, 5.74) is -0.695. The number of benzene rings is 1. The first-order valence-corrected chi connectivity index (χ1v) is 7.32. The smallest absolute Gasteiger partial charge is 0.410 e. The van der Waals surface area contributed by atoms with Crippen LogP contribution < -0.4 is 4.74 Å². The van der Waals surface area contributed by atoms with Gasteiger partial charge in [-0.3, -0.25) is 0 Å². The molecule has 1 saturated heterocycles. The Balaban J connectivity index is 1.69. The van der Waals surface area contributed by atoms with Crippen molar-refractivity contribution in [3.63, 3.8) is 0 Å². The van der Waals surface area contributed by atoms with Gasteiger partial charge in [-0.2, -0.15) is 0 Å². The van der Waals surface area contributed by atoms with E-state index in [0.717, 1.165) is 0 Å². The van der Waals surface area contributed by atoms with E-state index >= 15 is 0 Å². The molecular formula is C16H20FNO4. The van der Waals surface area contributed by atoms with E-state index in [9.17, 15) is 14.3 Å². The SMILES string of the molecule is CC(C)(C)OC(=O)N1CC2(C[C@@H](O)c3cc(F)ccc3O2)C1. The van der Waals surface area contributed by atoms with Gasteiger partial charge in [0.1, 0.15) is 22.8 Å². The van der Waals surface area contributed by atoms with Gasteiger partial charge in [0, 0.05) is 12.0 Å². The highest BCUT2D eigenvalue weighted by Gasteiger charge is 2.52. The van der Waals surface area contributed by atoms with Crippen molar-refractivity contribution in [2.24, 2.45) is 0 Å². The molecule has 0 saturated carbocycles. The van der Waals surface area contributed by atoms with Gasteiger partial charge in [0.2, 0.25) is 0 Å². The van der Waals surface area contributed by atoms with Crippen LogP contribution in [0.15, 0.2) is 18.2 Å². The monoisotopic (exact) mass is 309 g/mol. The zero-order valence-electron chi connectivity index (χ0n) is 12.9. The molecule has 2 aliphatic heterocycles. The summed E-state index contributed by atoms with van der Waals surface area (Å²) in [6.07, 6.45) is -0.843. The third-order valence-electron chi connectivity index (χ3n) is 3.83. The van der Waals surface area contributed by atoms with Crippen molar-refractivity contribution in [1.29, 1.82) is 0 Å². The van der Waals surface area contributed by atoms with E-state index < -0.39 is 23.1 Å². The predicted octanol–water partition coefficient (Wildman–Crippen LogP) is 2.63. The number of hydrogen-bond acceptors (Lipinski definition) is 4. The number of likely N-dealkylation sites (tertiary alicyclic amines) is 1. The molecule has 0 aromatic heterocycles. The van der Waals surface area contributed by atoms with Gasteiger partial charge in [-0.1, -0.05) is 0 Å². The van der Waals surface area contributed by atoms with E-state index in [1.807, 2.05) is 20.8 Å². The Kier molecular flexibility index (Phi) is 3.32. The molecule has 2 heterocycles. The summed E-state index contributed by atoms with van der Waals surface area (Å²) in [5, 5.41) is 10.2. The largest absolute Gasteiger partial charge is 0.483 e. The van der Waals surface area contributed by atoms with E-state index in [-0.39, 0.29) is 6.09 Å². The lowest BCUT2D eigenvalue weighted by Gasteiger charge is -2.52. The lowest BCUT2D eigenvalue weighted by atomic mass is 9.83. The molecular weight excluding hydrogens is 289 g/mol. The lowest BCUT2D eigenvalue weighted by molar-refractivity contribution is -0.114. The summed E-state index contributed by atoms with van der Waals surface area (Å²) in [5.74, 6) is 0.0744. The summed E-state index contributed by atoms with van der Waals surface area (Å²) >= 11 is 0. The molecule has 1 amide bonds. The van der Waals surface area contributed by atoms with Gasteiger partial charge in [-0.15, -0.1) is 0 Å². The normalized spacial score (nSPS) is 22.6. The number of carbonyl (C=O) groups is 1. The molecule has 1 spiro atoms. The highest BCUT2D eigenvalue weighted by molar-refractivity contribution is 5.70. The number of fused-ring (bicyclic) bond motifs is 1. The number of nitrogens with zero attached hydrogens (tertiary/aromatic N) is 1. The standard InChI is InChI=1S/C16H20FNO4/c1-15(2,3)22-14(20)18-8-16(9-18)7-12(19)11-6-10(17)4-5-13(11)21-16/h4-6,12,19H,7-9H2,1-3H3/t12-/m1/s1. The van der Waals surface area contributed by atoms with E-state index in [1.54, 1.807) is 4.90 Å². The van der Waals surface area contributed by atoms with Gasteiger partial charge in [-0.05, 0) is 39.0 Å². The lowest BCUT2D eigenvalue weighted by Crippen LogP contribution is -2.68. The minimum Gasteiger partial charge on any atom is -0.483 e. The van der Waals surface area contributed by atoms with E-state index in [4.69, 9.17) is 9.47 Å². The molecule has 1 N–H and O–H groups in total. The van der Waals surface area contributed by atoms with E-state index in [2.05, 4.69) is 0 Å². The van der Waals surface area contributed by atoms with Crippen molar-refractivity contribution >= 4 is 6.09 Å². The third-order valence-corrected chi connectivity index (χ3v) is 3.83. The Morgan fingerprint density at radius 3 is 2.77 bits per heavy atom. The molecule has 6 heteroatoms. The van der Waals surface area contributed by atoms with Crippen molar-refractivity contribution in [3.05, 3.63) is 29.6 Å². The summed E-state index contributed by atoms with van der Waals surface area (Å²) in [6, 6.07) is 4.11. The average molecular weight is 309 g/mol. The number of rotatable bonds is 0. The summed E-state index contributed by atoms with van der Waals surface area (Å²) < 4.78 is 24.5. The second kappa shape index (κ2) is 4.84. The van der Waals surface area contributed by atoms with Gasteiger partial charge in [-0.25, -0.2) is 9.18 Å². The minimum atomic E-state index is -0.791. The summed E-state index contributed by atoms with van der Waals surface area (Å²) in [7, 11) is 0. The zero-order valence-corrected chi connectivity index (χ0v) is 12.9. The molecule has 0 radical (unpaired) electrons. The van der Waals surface area contributed by atoms with Gasteiger partial charge < -0.3 is 19.5 Å². The van der Waals surface area contributed by atoms with Crippen molar-refractivity contribution in [3.8, 4) is 5.75 Å². The number of aliphatic hydroxyl groups is 1. The first kappa shape index (κ1) is 15.1. The number of halogens is 1. The molecule has 1 fully saturated rings. The number of hydrogen-bond donors (Lipinski definition) is 1. The van der Waals surface area contributed by atoms with Crippen LogP contribution in [-0.4, -0.2) is 40.4 Å². The first-order chi connectivity index (χ1) is 10.2. The van der Waals surface area contributed by atoms with Crippen molar-refractivity contribution in [1.82, 2.24) is 4.90 Å². The molecule has 0 unspecified atom stereocenters. The maximum absolute atomic E-state index is 13.2. The molecule has 5 nitrogen and oxygen atoms in total. The average Bonchev–Trinajstić information content (AvgIpc) is 2.34. The fraction of sp³-hybridized carbons (Fsp3) is 0.562. The number of ether oxygens (including phenoxy) is 2. The van der Waals surface area contributed by atoms with Crippen LogP contribution in [0.2, 0.25) is 0 Å². The number of amides is 1. The van der Waals surface area contributed by atoms with E-state index in [0.29, 0.717) is 30.8 Å². The van der Waals surface area contributed by atoms with Crippen LogP contribution in [0.5, 0.6) is 5.75 Å². The van der Waals surface area contributed by atoms with E-state index in [1.165, 1.54) is 18.2 Å². The zero-order chi connectivity index (χ0) is 16.1. The van der Waals surface area contributed by atoms with Crippen LogP contribution in [0.25, 0.3) is 0 Å². The summed E-state index contributed by atoms with van der Waals surface area (Å²) in [6.45, 7) is 6.15. The van der Waals surface area contributed by atoms with Gasteiger partial charge in [0.05, 0.1) is 19.2 Å². The molecule has 1 aromatic carbocycles. The fourth-order valence-corrected chi connectivity index (χ4v) is 2.91. The Hall–Kier alpha value is -1.82. The molecule has 0 aliphatic carbocycles. The molecule has 22 heavy (non-hydrogen) atoms. The van der Waals surface area contributed by atoms with Gasteiger partial charge in [0.25, 0.3) is 0 Å². The Bertz CT molecular complexity index is 605. The molecule has 120 valence electrons. The quantitative estimate of drug-likeness (QED) is 0.800. The topological polar surface area (TPSA) is 59.0 Å². The third kappa shape index (κ3) is 2.75. The van der Waals surface area contributed by atoms with Crippen molar-refractivity contribution in [2.45, 2.75) is 44.5 Å². The van der Waals surface area contributed by atoms with Crippen molar-refractivity contribution < 1.29 is 23.8 Å².